The van der Waals surface area contributed by atoms with Gasteiger partial charge in [-0.05, 0) is 53.7 Å². The normalized spacial score (nSPS) is 12.0. The highest BCUT2D eigenvalue weighted by Gasteiger charge is 2.31. The molecule has 1 aromatic heterocycles. The van der Waals surface area contributed by atoms with Crippen LogP contribution in [0.1, 0.15) is 12.5 Å². The Morgan fingerprint density at radius 3 is 2.59 bits per heavy atom. The first-order valence-electron chi connectivity index (χ1n) is 8.30. The average Bonchev–Trinajstić information content (AvgIpc) is 3.15. The Balaban J connectivity index is 2.03. The zero-order valence-corrected chi connectivity index (χ0v) is 16.1. The van der Waals surface area contributed by atoms with E-state index in [1.165, 1.54) is 30.0 Å². The van der Waals surface area contributed by atoms with Gasteiger partial charge < -0.3 is 4.74 Å². The van der Waals surface area contributed by atoms with Crippen molar-refractivity contribution < 1.29 is 26.3 Å². The van der Waals surface area contributed by atoms with Crippen LogP contribution in [0.25, 0.3) is 11.4 Å². The summed E-state index contributed by atoms with van der Waals surface area (Å²) in [5.41, 5.74) is -0.798. The summed E-state index contributed by atoms with van der Waals surface area (Å²) in [6, 6.07) is 8.21. The smallest absolute Gasteiger partial charge is 0.416 e. The first-order valence-corrected chi connectivity index (χ1v) is 9.78. The van der Waals surface area contributed by atoms with Gasteiger partial charge in [0.1, 0.15) is 10.6 Å². The standard InChI is InChI=1S/C17H16F3N5O3S/c1-3-25-16(21-23-24-25)11-7-8-14(28-2)15(9-11)29(26,27)22-13-6-4-5-12(10-13)17(18,19)20/h4-10,22H,3H2,1-2H3. The molecule has 1 N–H and O–H groups in total. The minimum absolute atomic E-state index is 0.0174. The Hall–Kier alpha value is -3.15. The predicted octanol–water partition coefficient (Wildman–Crippen LogP) is 3.19. The number of nitrogens with one attached hydrogen (secondary N) is 1. The molecule has 3 rings (SSSR count). The van der Waals surface area contributed by atoms with Crippen molar-refractivity contribution in [3.63, 3.8) is 0 Å². The van der Waals surface area contributed by atoms with E-state index in [0.717, 1.165) is 12.1 Å². The fourth-order valence-electron chi connectivity index (χ4n) is 2.62. The molecular weight excluding hydrogens is 411 g/mol. The SMILES string of the molecule is CCn1nnnc1-c1ccc(OC)c(S(=O)(=O)Nc2cccc(C(F)(F)F)c2)c1. The van der Waals surface area contributed by atoms with Gasteiger partial charge in [0.25, 0.3) is 10.0 Å². The van der Waals surface area contributed by atoms with Gasteiger partial charge in [0.15, 0.2) is 5.82 Å². The van der Waals surface area contributed by atoms with Crippen LogP contribution in [0.4, 0.5) is 18.9 Å². The van der Waals surface area contributed by atoms with Gasteiger partial charge in [-0.25, -0.2) is 13.1 Å². The zero-order chi connectivity index (χ0) is 21.2. The van der Waals surface area contributed by atoms with Crippen molar-refractivity contribution in [3.8, 4) is 17.1 Å². The van der Waals surface area contributed by atoms with Crippen molar-refractivity contribution in [2.24, 2.45) is 0 Å². The largest absolute Gasteiger partial charge is 0.495 e. The fourth-order valence-corrected chi connectivity index (χ4v) is 3.86. The van der Waals surface area contributed by atoms with E-state index in [4.69, 9.17) is 4.74 Å². The summed E-state index contributed by atoms with van der Waals surface area (Å²) in [4.78, 5) is -0.263. The minimum Gasteiger partial charge on any atom is -0.495 e. The number of tetrazole rings is 1. The van der Waals surface area contributed by atoms with Crippen molar-refractivity contribution >= 4 is 15.7 Å². The van der Waals surface area contributed by atoms with Crippen LogP contribution in [-0.2, 0) is 22.7 Å². The van der Waals surface area contributed by atoms with Gasteiger partial charge in [-0.2, -0.15) is 13.2 Å². The highest BCUT2D eigenvalue weighted by Crippen LogP contribution is 2.33. The topological polar surface area (TPSA) is 99.0 Å². The van der Waals surface area contributed by atoms with Crippen LogP contribution in [0.3, 0.4) is 0 Å². The van der Waals surface area contributed by atoms with Crippen molar-refractivity contribution in [1.82, 2.24) is 20.2 Å². The van der Waals surface area contributed by atoms with Crippen molar-refractivity contribution in [1.29, 1.82) is 0 Å². The second-order valence-corrected chi connectivity index (χ2v) is 7.52. The number of hydrogen-bond donors (Lipinski definition) is 1. The summed E-state index contributed by atoms with van der Waals surface area (Å²) in [7, 11) is -2.99. The van der Waals surface area contributed by atoms with E-state index in [1.807, 2.05) is 6.92 Å². The second-order valence-electron chi connectivity index (χ2n) is 5.87. The van der Waals surface area contributed by atoms with E-state index in [1.54, 1.807) is 6.07 Å². The molecule has 0 saturated carbocycles. The molecule has 8 nitrogen and oxygen atoms in total. The zero-order valence-electron chi connectivity index (χ0n) is 15.3. The monoisotopic (exact) mass is 427 g/mol. The Kier molecular flexibility index (Phi) is 5.46. The first-order chi connectivity index (χ1) is 13.7. The number of rotatable bonds is 6. The van der Waals surface area contributed by atoms with E-state index in [-0.39, 0.29) is 16.3 Å². The number of nitrogens with zero attached hydrogens (tertiary/aromatic N) is 4. The van der Waals surface area contributed by atoms with Gasteiger partial charge >= 0.3 is 6.18 Å². The average molecular weight is 427 g/mol. The Bertz CT molecular complexity index is 1130. The number of benzene rings is 2. The number of methoxy groups -OCH3 is 1. The van der Waals surface area contributed by atoms with Crippen molar-refractivity contribution in [3.05, 3.63) is 48.0 Å². The molecule has 0 unspecified atom stereocenters. The third kappa shape index (κ3) is 4.31. The van der Waals surface area contributed by atoms with Gasteiger partial charge in [0, 0.05) is 17.8 Å². The van der Waals surface area contributed by atoms with E-state index in [0.29, 0.717) is 24.0 Å². The van der Waals surface area contributed by atoms with Gasteiger partial charge in [-0.15, -0.1) is 5.10 Å². The summed E-state index contributed by atoms with van der Waals surface area (Å²) < 4.78 is 73.2. The molecule has 12 heteroatoms. The lowest BCUT2D eigenvalue weighted by Gasteiger charge is -2.14. The summed E-state index contributed by atoms with van der Waals surface area (Å²) >= 11 is 0. The van der Waals surface area contributed by atoms with Gasteiger partial charge in [0.05, 0.1) is 12.7 Å². The summed E-state index contributed by atoms with van der Waals surface area (Å²) in [6.45, 7) is 2.27. The molecule has 1 heterocycles. The van der Waals surface area contributed by atoms with Crippen molar-refractivity contribution in [2.45, 2.75) is 24.5 Å². The molecule has 2 aromatic carbocycles. The molecule has 0 bridgehead atoms. The first kappa shape index (κ1) is 20.6. The molecule has 3 aromatic rings. The highest BCUT2D eigenvalue weighted by atomic mass is 32.2. The number of sulfonamides is 1. The van der Waals surface area contributed by atoms with Crippen LogP contribution in [0.5, 0.6) is 5.75 Å². The molecular formula is C17H16F3N5O3S. The summed E-state index contributed by atoms with van der Waals surface area (Å²) in [5.74, 6) is 0.356. The molecule has 0 spiro atoms. The Labute approximate surface area is 164 Å². The molecule has 0 aliphatic heterocycles. The van der Waals surface area contributed by atoms with Gasteiger partial charge in [-0.3, -0.25) is 4.72 Å². The minimum atomic E-state index is -4.60. The molecule has 154 valence electrons. The lowest BCUT2D eigenvalue weighted by molar-refractivity contribution is -0.137. The van der Waals surface area contributed by atoms with Crippen LogP contribution in [0.15, 0.2) is 47.4 Å². The molecule has 0 aliphatic rings. The van der Waals surface area contributed by atoms with E-state index < -0.39 is 21.8 Å². The number of alkyl halides is 3. The highest BCUT2D eigenvalue weighted by molar-refractivity contribution is 7.92. The number of aryl methyl sites for hydroxylation is 1. The maximum atomic E-state index is 12.9. The second kappa shape index (κ2) is 7.70. The lowest BCUT2D eigenvalue weighted by atomic mass is 10.2. The van der Waals surface area contributed by atoms with Gasteiger partial charge in [-0.1, -0.05) is 6.07 Å². The Morgan fingerprint density at radius 2 is 1.93 bits per heavy atom. The van der Waals surface area contributed by atoms with E-state index in [9.17, 15) is 21.6 Å². The van der Waals surface area contributed by atoms with Crippen molar-refractivity contribution in [2.75, 3.05) is 11.8 Å². The van der Waals surface area contributed by atoms with Gasteiger partial charge in [0.2, 0.25) is 0 Å². The summed E-state index contributed by atoms with van der Waals surface area (Å²) in [6.07, 6.45) is -4.60. The number of aromatic nitrogens is 4. The maximum absolute atomic E-state index is 12.9. The molecule has 0 aliphatic carbocycles. The van der Waals surface area contributed by atoms with E-state index in [2.05, 4.69) is 20.2 Å². The molecule has 0 fully saturated rings. The predicted molar refractivity (Wildman–Crippen MR) is 97.7 cm³/mol. The third-order valence-corrected chi connectivity index (χ3v) is 5.39. The maximum Gasteiger partial charge on any atom is 0.416 e. The van der Waals surface area contributed by atoms with Crippen LogP contribution in [0.2, 0.25) is 0 Å². The third-order valence-electron chi connectivity index (χ3n) is 3.98. The fraction of sp³-hybridized carbons (Fsp3) is 0.235. The van der Waals surface area contributed by atoms with Crippen LogP contribution in [-0.4, -0.2) is 35.7 Å². The van der Waals surface area contributed by atoms with E-state index >= 15 is 0 Å². The van der Waals surface area contributed by atoms with Crippen LogP contribution < -0.4 is 9.46 Å². The summed E-state index contributed by atoms with van der Waals surface area (Å²) in [5, 5.41) is 11.2. The number of anilines is 1. The van der Waals surface area contributed by atoms with Crippen LogP contribution >= 0.6 is 0 Å². The molecule has 0 amide bonds. The molecule has 0 atom stereocenters. The Morgan fingerprint density at radius 1 is 1.17 bits per heavy atom. The molecule has 29 heavy (non-hydrogen) atoms. The molecule has 0 saturated heterocycles. The number of hydrogen-bond acceptors (Lipinski definition) is 6. The van der Waals surface area contributed by atoms with Crippen LogP contribution in [0, 0.1) is 0 Å². The quantitative estimate of drug-likeness (QED) is 0.649. The number of halogens is 3. The lowest BCUT2D eigenvalue weighted by Crippen LogP contribution is -2.15. The number of ether oxygens (including phenoxy) is 1. The molecule has 0 radical (unpaired) electrons.